The number of esters is 1. The van der Waals surface area contributed by atoms with E-state index in [0.717, 1.165) is 16.9 Å². The van der Waals surface area contributed by atoms with Gasteiger partial charge in [0.05, 0.1) is 19.3 Å². The summed E-state index contributed by atoms with van der Waals surface area (Å²) in [6.07, 6.45) is 0.567. The van der Waals surface area contributed by atoms with Crippen molar-refractivity contribution in [3.63, 3.8) is 0 Å². The number of amides is 1. The number of amidine groups is 1. The quantitative estimate of drug-likeness (QED) is 0.360. The Morgan fingerprint density at radius 3 is 2.48 bits per heavy atom. The van der Waals surface area contributed by atoms with Crippen molar-refractivity contribution in [2.24, 2.45) is 5.73 Å². The van der Waals surface area contributed by atoms with Gasteiger partial charge >= 0.3 is 5.97 Å². The molecule has 0 spiro atoms. The molecule has 0 aliphatic carbocycles. The molecule has 1 aliphatic rings. The molecule has 0 radical (unpaired) electrons. The summed E-state index contributed by atoms with van der Waals surface area (Å²) in [5, 5.41) is 7.42. The lowest BCUT2D eigenvalue weighted by Crippen LogP contribution is -2.52. The highest BCUT2D eigenvalue weighted by Gasteiger charge is 2.30. The van der Waals surface area contributed by atoms with Crippen molar-refractivity contribution >= 4 is 17.7 Å². The van der Waals surface area contributed by atoms with Crippen LogP contribution in [0, 0.1) is 5.41 Å². The molecule has 8 heteroatoms. The summed E-state index contributed by atoms with van der Waals surface area (Å²) in [5.41, 5.74) is 8.12. The Bertz CT molecular complexity index is 912. The summed E-state index contributed by atoms with van der Waals surface area (Å²) in [4.78, 5) is 25.6. The molecule has 2 aromatic rings. The van der Waals surface area contributed by atoms with Crippen LogP contribution in [0.2, 0.25) is 0 Å². The summed E-state index contributed by atoms with van der Waals surface area (Å²) in [5.74, 6) is 0.135. The highest BCUT2D eigenvalue weighted by molar-refractivity contribution is 5.94. The van der Waals surface area contributed by atoms with Gasteiger partial charge in [0.25, 0.3) is 0 Å². The standard InChI is InChI=1S/C23H27N3O5/c1-2-30-22(28)12-26-19(14-29-15-21(26)27)11-16-5-9-20(10-6-16)31-13-17-3-7-18(8-4-17)23(24)25/h3-10,19H,2,11-15H2,1H3,(H3,24,25)/t19-/m0/s1. The maximum atomic E-state index is 12.2. The average molecular weight is 425 g/mol. The lowest BCUT2D eigenvalue weighted by atomic mass is 10.0. The highest BCUT2D eigenvalue weighted by Crippen LogP contribution is 2.19. The largest absolute Gasteiger partial charge is 0.489 e. The second kappa shape index (κ2) is 10.6. The molecule has 1 atom stereocenters. The van der Waals surface area contributed by atoms with Crippen LogP contribution in [0.4, 0.5) is 0 Å². The fourth-order valence-corrected chi connectivity index (χ4v) is 3.33. The maximum Gasteiger partial charge on any atom is 0.325 e. The van der Waals surface area contributed by atoms with E-state index in [4.69, 9.17) is 25.4 Å². The predicted molar refractivity (Wildman–Crippen MR) is 115 cm³/mol. The molecule has 1 heterocycles. The van der Waals surface area contributed by atoms with Gasteiger partial charge in [-0.1, -0.05) is 36.4 Å². The Morgan fingerprint density at radius 1 is 1.16 bits per heavy atom. The molecule has 164 valence electrons. The number of nitrogens with two attached hydrogens (primary N) is 1. The van der Waals surface area contributed by atoms with Crippen molar-refractivity contribution in [2.75, 3.05) is 26.4 Å². The number of hydrogen-bond donors (Lipinski definition) is 2. The third-order valence-electron chi connectivity index (χ3n) is 4.97. The van der Waals surface area contributed by atoms with Crippen LogP contribution in [-0.2, 0) is 32.1 Å². The number of nitrogens with zero attached hydrogens (tertiary/aromatic N) is 1. The molecule has 0 aromatic heterocycles. The van der Waals surface area contributed by atoms with Crippen molar-refractivity contribution in [1.29, 1.82) is 5.41 Å². The Balaban J connectivity index is 1.56. The monoisotopic (exact) mass is 425 g/mol. The highest BCUT2D eigenvalue weighted by atomic mass is 16.5. The summed E-state index contributed by atoms with van der Waals surface area (Å²) >= 11 is 0. The molecule has 31 heavy (non-hydrogen) atoms. The molecule has 1 saturated heterocycles. The topological polar surface area (TPSA) is 115 Å². The van der Waals surface area contributed by atoms with Gasteiger partial charge in [0, 0.05) is 5.56 Å². The van der Waals surface area contributed by atoms with Gasteiger partial charge in [0.1, 0.15) is 31.3 Å². The van der Waals surface area contributed by atoms with E-state index in [9.17, 15) is 9.59 Å². The predicted octanol–water partition coefficient (Wildman–Crippen LogP) is 1.88. The maximum absolute atomic E-state index is 12.2. The molecule has 3 rings (SSSR count). The Hall–Kier alpha value is -3.39. The van der Waals surface area contributed by atoms with Crippen LogP contribution >= 0.6 is 0 Å². The number of benzene rings is 2. The average Bonchev–Trinajstić information content (AvgIpc) is 2.76. The van der Waals surface area contributed by atoms with Gasteiger partial charge in [-0.2, -0.15) is 0 Å². The van der Waals surface area contributed by atoms with E-state index >= 15 is 0 Å². The van der Waals surface area contributed by atoms with Gasteiger partial charge in [-0.25, -0.2) is 0 Å². The zero-order valence-electron chi connectivity index (χ0n) is 17.5. The number of carbonyl (C=O) groups is 2. The lowest BCUT2D eigenvalue weighted by molar-refractivity contribution is -0.158. The second-order valence-electron chi connectivity index (χ2n) is 7.24. The lowest BCUT2D eigenvalue weighted by Gasteiger charge is -2.34. The van der Waals surface area contributed by atoms with Crippen LogP contribution in [0.25, 0.3) is 0 Å². The van der Waals surface area contributed by atoms with Crippen LogP contribution in [0.1, 0.15) is 23.6 Å². The van der Waals surface area contributed by atoms with Crippen LogP contribution in [0.15, 0.2) is 48.5 Å². The third-order valence-corrected chi connectivity index (χ3v) is 4.97. The number of nitrogens with one attached hydrogen (secondary N) is 1. The Labute approximate surface area is 181 Å². The number of hydrogen-bond acceptors (Lipinski definition) is 6. The van der Waals surface area contributed by atoms with Crippen LogP contribution in [0.5, 0.6) is 5.75 Å². The summed E-state index contributed by atoms with van der Waals surface area (Å²) in [6, 6.07) is 14.7. The van der Waals surface area contributed by atoms with Crippen molar-refractivity contribution in [3.05, 3.63) is 65.2 Å². The number of morpholine rings is 1. The zero-order valence-corrected chi connectivity index (χ0v) is 17.5. The molecular formula is C23H27N3O5. The van der Waals surface area contributed by atoms with E-state index in [1.54, 1.807) is 19.1 Å². The smallest absolute Gasteiger partial charge is 0.325 e. The summed E-state index contributed by atoms with van der Waals surface area (Å²) < 4.78 is 16.2. The first-order valence-corrected chi connectivity index (χ1v) is 10.1. The van der Waals surface area contributed by atoms with E-state index < -0.39 is 5.97 Å². The summed E-state index contributed by atoms with van der Waals surface area (Å²) in [6.45, 7) is 2.71. The van der Waals surface area contributed by atoms with Gasteiger partial charge in [-0.15, -0.1) is 0 Å². The van der Waals surface area contributed by atoms with Crippen molar-refractivity contribution in [3.8, 4) is 5.75 Å². The van der Waals surface area contributed by atoms with E-state index in [0.29, 0.717) is 25.2 Å². The molecule has 0 unspecified atom stereocenters. The van der Waals surface area contributed by atoms with E-state index in [-0.39, 0.29) is 37.5 Å². The number of ether oxygens (including phenoxy) is 3. The first-order chi connectivity index (χ1) is 15.0. The van der Waals surface area contributed by atoms with Crippen molar-refractivity contribution < 1.29 is 23.8 Å². The second-order valence-corrected chi connectivity index (χ2v) is 7.24. The molecule has 8 nitrogen and oxygen atoms in total. The van der Waals surface area contributed by atoms with Gasteiger partial charge in [0.2, 0.25) is 5.91 Å². The third kappa shape index (κ3) is 6.29. The minimum absolute atomic E-state index is 0.0178. The fourth-order valence-electron chi connectivity index (χ4n) is 3.33. The van der Waals surface area contributed by atoms with Gasteiger partial charge in [0.15, 0.2) is 0 Å². The molecule has 0 bridgehead atoms. The number of rotatable bonds is 9. The van der Waals surface area contributed by atoms with Crippen LogP contribution < -0.4 is 10.5 Å². The minimum Gasteiger partial charge on any atom is -0.489 e. The molecule has 3 N–H and O–H groups in total. The van der Waals surface area contributed by atoms with Gasteiger partial charge < -0.3 is 24.8 Å². The Morgan fingerprint density at radius 2 is 1.84 bits per heavy atom. The van der Waals surface area contributed by atoms with E-state index in [1.807, 2.05) is 36.4 Å². The SMILES string of the molecule is CCOC(=O)CN1C(=O)COC[C@@H]1Cc1ccc(OCc2ccc(C(=N)N)cc2)cc1. The van der Waals surface area contributed by atoms with Gasteiger partial charge in [-0.05, 0) is 36.6 Å². The van der Waals surface area contributed by atoms with Crippen LogP contribution in [-0.4, -0.2) is 55.0 Å². The zero-order chi connectivity index (χ0) is 22.2. The first kappa shape index (κ1) is 22.3. The fraction of sp³-hybridized carbons (Fsp3) is 0.348. The summed E-state index contributed by atoms with van der Waals surface area (Å²) in [7, 11) is 0. The number of nitrogen functional groups attached to an aromatic ring is 1. The minimum atomic E-state index is -0.414. The Kier molecular flexibility index (Phi) is 7.61. The van der Waals surface area contributed by atoms with Crippen LogP contribution in [0.3, 0.4) is 0 Å². The van der Waals surface area contributed by atoms with E-state index in [1.165, 1.54) is 4.90 Å². The molecule has 1 amide bonds. The number of carbonyl (C=O) groups excluding carboxylic acids is 2. The van der Waals surface area contributed by atoms with Crippen molar-refractivity contribution in [1.82, 2.24) is 4.90 Å². The first-order valence-electron chi connectivity index (χ1n) is 10.1. The molecule has 2 aromatic carbocycles. The molecule has 1 aliphatic heterocycles. The molecular weight excluding hydrogens is 398 g/mol. The normalized spacial score (nSPS) is 16.1. The van der Waals surface area contributed by atoms with E-state index in [2.05, 4.69) is 0 Å². The van der Waals surface area contributed by atoms with Gasteiger partial charge in [-0.3, -0.25) is 15.0 Å². The molecule has 1 fully saturated rings. The van der Waals surface area contributed by atoms with Crippen molar-refractivity contribution in [2.45, 2.75) is 26.0 Å². The molecule has 0 saturated carbocycles.